The highest BCUT2D eigenvalue weighted by molar-refractivity contribution is 6.32. The first kappa shape index (κ1) is 23.3. The zero-order chi connectivity index (χ0) is 23.3. The summed E-state index contributed by atoms with van der Waals surface area (Å²) in [5.74, 6) is 0.862. The van der Waals surface area contributed by atoms with Gasteiger partial charge in [0.05, 0.1) is 49.8 Å². The van der Waals surface area contributed by atoms with E-state index in [1.165, 1.54) is 7.11 Å². The lowest BCUT2D eigenvalue weighted by Gasteiger charge is -2.30. The molecule has 9 heteroatoms. The van der Waals surface area contributed by atoms with Gasteiger partial charge in [-0.3, -0.25) is 0 Å². The molecule has 1 heterocycles. The van der Waals surface area contributed by atoms with Crippen LogP contribution in [0, 0.1) is 0 Å². The fraction of sp³-hybridized carbons (Fsp3) is 0.304. The van der Waals surface area contributed by atoms with Crippen molar-refractivity contribution >= 4 is 29.3 Å². The fourth-order valence-corrected chi connectivity index (χ4v) is 3.71. The standard InChI is InChI=1S/C23H25ClN2O6/c1-5-31-17-12-14(11-16(24)21(17)32-6-2)20-18(22(27)30-4)19(25-23(28)26-20)13-7-9-15(29-3)10-8-13/h7-12,20H,5-6H2,1-4H3,(H2,25,26,28). The van der Waals surface area contributed by atoms with E-state index in [-0.39, 0.29) is 5.57 Å². The summed E-state index contributed by atoms with van der Waals surface area (Å²) in [6.45, 7) is 4.46. The fourth-order valence-electron chi connectivity index (χ4n) is 3.43. The van der Waals surface area contributed by atoms with Crippen molar-refractivity contribution < 1.29 is 28.5 Å². The van der Waals surface area contributed by atoms with Gasteiger partial charge >= 0.3 is 12.0 Å². The molecule has 0 aliphatic carbocycles. The highest BCUT2D eigenvalue weighted by atomic mass is 35.5. The number of hydrogen-bond donors (Lipinski definition) is 2. The smallest absolute Gasteiger partial charge is 0.338 e. The molecule has 0 bridgehead atoms. The van der Waals surface area contributed by atoms with E-state index < -0.39 is 18.0 Å². The van der Waals surface area contributed by atoms with Crippen LogP contribution in [0.5, 0.6) is 17.2 Å². The molecule has 2 N–H and O–H groups in total. The first-order valence-corrected chi connectivity index (χ1v) is 10.4. The second kappa shape index (κ2) is 10.3. The van der Waals surface area contributed by atoms with E-state index in [9.17, 15) is 9.59 Å². The van der Waals surface area contributed by atoms with E-state index in [0.29, 0.717) is 52.3 Å². The number of nitrogens with one attached hydrogen (secondary N) is 2. The molecule has 0 fully saturated rings. The van der Waals surface area contributed by atoms with E-state index in [4.69, 9.17) is 30.5 Å². The number of ether oxygens (including phenoxy) is 4. The Morgan fingerprint density at radius 2 is 1.75 bits per heavy atom. The van der Waals surface area contributed by atoms with Crippen LogP contribution in [-0.2, 0) is 9.53 Å². The number of hydrogen-bond acceptors (Lipinski definition) is 6. The van der Waals surface area contributed by atoms with Gasteiger partial charge in [-0.25, -0.2) is 9.59 Å². The summed E-state index contributed by atoms with van der Waals surface area (Å²) in [7, 11) is 2.84. The van der Waals surface area contributed by atoms with Gasteiger partial charge in [0.15, 0.2) is 11.5 Å². The van der Waals surface area contributed by atoms with E-state index in [2.05, 4.69) is 10.6 Å². The topological polar surface area (TPSA) is 95.1 Å². The summed E-state index contributed by atoms with van der Waals surface area (Å²) in [5, 5.41) is 5.80. The molecule has 1 atom stereocenters. The monoisotopic (exact) mass is 460 g/mol. The van der Waals surface area contributed by atoms with Gasteiger partial charge in [0.1, 0.15) is 5.75 Å². The van der Waals surface area contributed by atoms with E-state index in [0.717, 1.165) is 0 Å². The van der Waals surface area contributed by atoms with Crippen LogP contribution in [0.2, 0.25) is 5.02 Å². The van der Waals surface area contributed by atoms with Crippen molar-refractivity contribution in [3.8, 4) is 17.2 Å². The van der Waals surface area contributed by atoms with E-state index in [1.807, 2.05) is 13.8 Å². The van der Waals surface area contributed by atoms with Crippen molar-refractivity contribution in [1.82, 2.24) is 10.6 Å². The number of methoxy groups -OCH3 is 2. The highest BCUT2D eigenvalue weighted by Gasteiger charge is 2.35. The number of rotatable bonds is 8. The van der Waals surface area contributed by atoms with Gasteiger partial charge in [-0.15, -0.1) is 0 Å². The normalized spacial score (nSPS) is 15.5. The third kappa shape index (κ3) is 4.75. The molecule has 2 aromatic rings. The third-order valence-electron chi connectivity index (χ3n) is 4.81. The Labute approximate surface area is 191 Å². The average Bonchev–Trinajstić information content (AvgIpc) is 2.80. The minimum absolute atomic E-state index is 0.222. The maximum absolute atomic E-state index is 12.8. The number of urea groups is 1. The third-order valence-corrected chi connectivity index (χ3v) is 5.09. The maximum Gasteiger partial charge on any atom is 0.338 e. The van der Waals surface area contributed by atoms with Gasteiger partial charge in [-0.1, -0.05) is 11.6 Å². The van der Waals surface area contributed by atoms with Gasteiger partial charge in [0, 0.05) is 0 Å². The van der Waals surface area contributed by atoms with Crippen LogP contribution >= 0.6 is 11.6 Å². The average molecular weight is 461 g/mol. The highest BCUT2D eigenvalue weighted by Crippen LogP contribution is 2.41. The molecule has 2 amide bonds. The second-order valence-electron chi connectivity index (χ2n) is 6.74. The SMILES string of the molecule is CCOc1cc(C2NC(=O)NC(c3ccc(OC)cc3)=C2C(=O)OC)cc(Cl)c1OCC. The quantitative estimate of drug-likeness (QED) is 0.576. The van der Waals surface area contributed by atoms with Crippen LogP contribution in [0.25, 0.3) is 5.70 Å². The summed E-state index contributed by atoms with van der Waals surface area (Å²) in [6.07, 6.45) is 0. The van der Waals surface area contributed by atoms with Crippen molar-refractivity contribution in [1.29, 1.82) is 0 Å². The molecule has 0 saturated carbocycles. The van der Waals surface area contributed by atoms with Crippen molar-refractivity contribution in [3.63, 3.8) is 0 Å². The maximum atomic E-state index is 12.8. The van der Waals surface area contributed by atoms with Gasteiger partial charge in [0.25, 0.3) is 0 Å². The molecule has 3 rings (SSSR count). The Kier molecular flexibility index (Phi) is 7.48. The van der Waals surface area contributed by atoms with Gasteiger partial charge < -0.3 is 29.6 Å². The molecule has 8 nitrogen and oxygen atoms in total. The van der Waals surface area contributed by atoms with Crippen LogP contribution in [-0.4, -0.2) is 39.4 Å². The van der Waals surface area contributed by atoms with Crippen LogP contribution in [0.3, 0.4) is 0 Å². The Morgan fingerprint density at radius 1 is 1.06 bits per heavy atom. The molecule has 1 aliphatic heterocycles. The second-order valence-corrected chi connectivity index (χ2v) is 7.14. The van der Waals surface area contributed by atoms with Crippen molar-refractivity contribution in [2.75, 3.05) is 27.4 Å². The van der Waals surface area contributed by atoms with Crippen molar-refractivity contribution in [3.05, 3.63) is 58.1 Å². The van der Waals surface area contributed by atoms with Crippen LogP contribution in [0.15, 0.2) is 42.0 Å². The van der Waals surface area contributed by atoms with Crippen molar-refractivity contribution in [2.24, 2.45) is 0 Å². The summed E-state index contributed by atoms with van der Waals surface area (Å²) < 4.78 is 21.6. The van der Waals surface area contributed by atoms with Crippen LogP contribution in [0.4, 0.5) is 4.79 Å². The molecule has 2 aromatic carbocycles. The summed E-state index contributed by atoms with van der Waals surface area (Å²) in [6, 6.07) is 9.00. The van der Waals surface area contributed by atoms with Gasteiger partial charge in [0.2, 0.25) is 0 Å². The summed E-state index contributed by atoms with van der Waals surface area (Å²) in [4.78, 5) is 25.4. The van der Waals surface area contributed by atoms with Gasteiger partial charge in [-0.05, 0) is 61.4 Å². The minimum atomic E-state index is -0.833. The van der Waals surface area contributed by atoms with Crippen LogP contribution < -0.4 is 24.8 Å². The molecule has 0 aromatic heterocycles. The lowest BCUT2D eigenvalue weighted by atomic mass is 9.92. The summed E-state index contributed by atoms with van der Waals surface area (Å²) in [5.41, 5.74) is 1.72. The Hall–Kier alpha value is -3.39. The van der Waals surface area contributed by atoms with Gasteiger partial charge in [-0.2, -0.15) is 0 Å². The number of esters is 1. The molecular formula is C23H25ClN2O6. The predicted molar refractivity (Wildman–Crippen MR) is 120 cm³/mol. The Morgan fingerprint density at radius 3 is 2.34 bits per heavy atom. The zero-order valence-electron chi connectivity index (χ0n) is 18.3. The van der Waals surface area contributed by atoms with Crippen molar-refractivity contribution in [2.45, 2.75) is 19.9 Å². The Bertz CT molecular complexity index is 1040. The molecule has 0 radical (unpaired) electrons. The number of carbonyl (C=O) groups excluding carboxylic acids is 2. The summed E-state index contributed by atoms with van der Waals surface area (Å²) >= 11 is 6.47. The number of amides is 2. The number of carbonyl (C=O) groups is 2. The van der Waals surface area contributed by atoms with E-state index >= 15 is 0 Å². The molecule has 170 valence electrons. The molecule has 0 saturated heterocycles. The zero-order valence-corrected chi connectivity index (χ0v) is 19.0. The largest absolute Gasteiger partial charge is 0.497 e. The Balaban J connectivity index is 2.19. The van der Waals surface area contributed by atoms with Crippen LogP contribution in [0.1, 0.15) is 31.0 Å². The molecule has 1 aliphatic rings. The number of benzene rings is 2. The molecular weight excluding hydrogens is 436 g/mol. The minimum Gasteiger partial charge on any atom is -0.497 e. The lowest BCUT2D eigenvalue weighted by molar-refractivity contribution is -0.136. The molecule has 1 unspecified atom stereocenters. The van der Waals surface area contributed by atoms with E-state index in [1.54, 1.807) is 43.5 Å². The molecule has 0 spiro atoms. The number of halogens is 1. The lowest BCUT2D eigenvalue weighted by Crippen LogP contribution is -2.45. The molecule has 32 heavy (non-hydrogen) atoms. The predicted octanol–water partition coefficient (Wildman–Crippen LogP) is 4.08. The first-order valence-electron chi connectivity index (χ1n) is 10.1. The first-order chi connectivity index (χ1) is 15.4.